The first-order chi connectivity index (χ1) is 8.34. The molecular weight excluding hydrogens is 216 g/mol. The number of rotatable bonds is 2. The smallest absolute Gasteiger partial charge is 0.0253 e. The van der Waals surface area contributed by atoms with E-state index < -0.39 is 0 Å². The third kappa shape index (κ3) is 15.2. The van der Waals surface area contributed by atoms with E-state index in [1.165, 1.54) is 24.0 Å². The molecule has 0 fully saturated rings. The van der Waals surface area contributed by atoms with Gasteiger partial charge < -0.3 is 0 Å². The molecule has 0 N–H and O–H groups in total. The molecule has 0 bridgehead atoms. The van der Waals surface area contributed by atoms with Crippen molar-refractivity contribution in [1.29, 1.82) is 0 Å². The van der Waals surface area contributed by atoms with Crippen LogP contribution in [0.2, 0.25) is 0 Å². The fourth-order valence-electron chi connectivity index (χ4n) is 1.28. The van der Waals surface area contributed by atoms with Crippen LogP contribution in [0.3, 0.4) is 0 Å². The Morgan fingerprint density at radius 1 is 0.889 bits per heavy atom. The summed E-state index contributed by atoms with van der Waals surface area (Å²) >= 11 is 0. The summed E-state index contributed by atoms with van der Waals surface area (Å²) in [5.74, 6) is 1.59. The molecule has 18 heavy (non-hydrogen) atoms. The quantitative estimate of drug-likeness (QED) is 0.580. The molecule has 1 rings (SSSR count). The zero-order valence-electron chi connectivity index (χ0n) is 13.9. The summed E-state index contributed by atoms with van der Waals surface area (Å²) in [5, 5.41) is 0. The van der Waals surface area contributed by atoms with Crippen molar-refractivity contribution in [2.75, 3.05) is 0 Å². The number of hydrogen-bond acceptors (Lipinski definition) is 0. The Labute approximate surface area is 116 Å². The molecule has 0 amide bonds. The van der Waals surface area contributed by atoms with Gasteiger partial charge in [0.25, 0.3) is 0 Å². The lowest BCUT2D eigenvalue weighted by atomic mass is 9.99. The zero-order valence-corrected chi connectivity index (χ0v) is 13.9. The fraction of sp³-hybridized carbons (Fsp3) is 0.667. The van der Waals surface area contributed by atoms with Crippen molar-refractivity contribution < 1.29 is 0 Å². The van der Waals surface area contributed by atoms with E-state index in [-0.39, 0.29) is 0 Å². The molecule has 0 unspecified atom stereocenters. The minimum atomic E-state index is 0.760. The van der Waals surface area contributed by atoms with Crippen molar-refractivity contribution in [2.45, 2.75) is 68.2 Å². The van der Waals surface area contributed by atoms with Crippen molar-refractivity contribution in [2.24, 2.45) is 11.8 Å². The van der Waals surface area contributed by atoms with E-state index in [4.69, 9.17) is 0 Å². The topological polar surface area (TPSA) is 0 Å². The molecule has 0 heteroatoms. The summed E-state index contributed by atoms with van der Waals surface area (Å²) in [6.45, 7) is 17.4. The van der Waals surface area contributed by atoms with Crippen LogP contribution in [0.1, 0.15) is 66.0 Å². The highest BCUT2D eigenvalue weighted by atomic mass is 14.0. The van der Waals surface area contributed by atoms with Crippen molar-refractivity contribution in [3.05, 3.63) is 35.4 Å². The molecule has 0 aromatic heterocycles. The highest BCUT2D eigenvalue weighted by Crippen LogP contribution is 2.11. The maximum atomic E-state index is 2.26. The monoisotopic (exact) mass is 250 g/mol. The van der Waals surface area contributed by atoms with Gasteiger partial charge in [-0.05, 0) is 36.3 Å². The van der Waals surface area contributed by atoms with Crippen LogP contribution in [0.4, 0.5) is 0 Å². The van der Waals surface area contributed by atoms with Gasteiger partial charge in [0.05, 0.1) is 0 Å². The Morgan fingerprint density at radius 3 is 1.61 bits per heavy atom. The van der Waals surface area contributed by atoms with Gasteiger partial charge >= 0.3 is 0 Å². The first-order valence-electron chi connectivity index (χ1n) is 7.39. The Balaban J connectivity index is 0. The molecule has 0 saturated heterocycles. The van der Waals surface area contributed by atoms with Crippen LogP contribution in [0.25, 0.3) is 0 Å². The lowest BCUT2D eigenvalue weighted by Crippen LogP contribution is -1.95. The molecule has 0 radical (unpaired) electrons. The molecule has 0 aliphatic carbocycles. The molecular formula is C18H34. The largest absolute Gasteiger partial charge is 0.0656 e. The predicted octanol–water partition coefficient (Wildman–Crippen LogP) is 6.27. The minimum absolute atomic E-state index is 0.760. The van der Waals surface area contributed by atoms with Crippen molar-refractivity contribution in [3.63, 3.8) is 0 Å². The second-order valence-corrected chi connectivity index (χ2v) is 5.96. The van der Waals surface area contributed by atoms with E-state index in [9.17, 15) is 0 Å². The lowest BCUT2D eigenvalue weighted by molar-refractivity contribution is 0.645. The standard InChI is InChI=1S/C11H16.C4H10.C3H8/c1-9(2)8-11-7-5-4-6-10(11)3;1-4(2)3;1-3-2/h4-7,9H,8H2,1-3H3;4H,1-3H3;3H2,1-2H3. The molecule has 0 heterocycles. The molecule has 0 aliphatic rings. The van der Waals surface area contributed by atoms with Gasteiger partial charge in [0.15, 0.2) is 0 Å². The normalized spacial score (nSPS) is 9.44. The van der Waals surface area contributed by atoms with Crippen molar-refractivity contribution >= 4 is 0 Å². The van der Waals surface area contributed by atoms with Gasteiger partial charge in [0.2, 0.25) is 0 Å². The van der Waals surface area contributed by atoms with E-state index >= 15 is 0 Å². The zero-order chi connectivity index (χ0) is 14.6. The second kappa shape index (κ2) is 12.7. The number of benzene rings is 1. The van der Waals surface area contributed by atoms with Gasteiger partial charge in [0.1, 0.15) is 0 Å². The van der Waals surface area contributed by atoms with Crippen LogP contribution >= 0.6 is 0 Å². The molecule has 0 spiro atoms. The molecule has 106 valence electrons. The van der Waals surface area contributed by atoms with E-state index in [0.717, 1.165) is 11.8 Å². The minimum Gasteiger partial charge on any atom is -0.0656 e. The van der Waals surface area contributed by atoms with Gasteiger partial charge in [-0.2, -0.15) is 0 Å². The Hall–Kier alpha value is -0.780. The molecule has 0 saturated carbocycles. The van der Waals surface area contributed by atoms with Crippen LogP contribution < -0.4 is 0 Å². The lowest BCUT2D eigenvalue weighted by Gasteiger charge is -2.07. The van der Waals surface area contributed by atoms with E-state index in [1.54, 1.807) is 0 Å². The van der Waals surface area contributed by atoms with Crippen LogP contribution in [0, 0.1) is 18.8 Å². The average molecular weight is 250 g/mol. The summed E-state index contributed by atoms with van der Waals surface area (Å²) in [7, 11) is 0. The molecule has 1 aromatic rings. The van der Waals surface area contributed by atoms with Gasteiger partial charge in [0, 0.05) is 0 Å². The summed E-state index contributed by atoms with van der Waals surface area (Å²) < 4.78 is 0. The SMILES string of the molecule is CC(C)C.CCC.Cc1ccccc1CC(C)C. The summed E-state index contributed by atoms with van der Waals surface area (Å²) in [6, 6.07) is 8.61. The maximum absolute atomic E-state index is 2.26. The number of hydrogen-bond donors (Lipinski definition) is 0. The van der Waals surface area contributed by atoms with Gasteiger partial charge in [-0.3, -0.25) is 0 Å². The third-order valence-electron chi connectivity index (χ3n) is 1.89. The molecule has 0 aliphatic heterocycles. The average Bonchev–Trinajstić information content (AvgIpc) is 2.21. The van der Waals surface area contributed by atoms with Gasteiger partial charge in [-0.15, -0.1) is 0 Å². The van der Waals surface area contributed by atoms with Gasteiger partial charge in [-0.1, -0.05) is 79.2 Å². The predicted molar refractivity (Wildman–Crippen MR) is 86.2 cm³/mol. The van der Waals surface area contributed by atoms with E-state index in [0.29, 0.717) is 0 Å². The fourth-order valence-corrected chi connectivity index (χ4v) is 1.28. The van der Waals surface area contributed by atoms with Crippen LogP contribution in [-0.2, 0) is 6.42 Å². The van der Waals surface area contributed by atoms with Crippen LogP contribution in [0.5, 0.6) is 0 Å². The highest BCUT2D eigenvalue weighted by Gasteiger charge is 1.98. The van der Waals surface area contributed by atoms with E-state index in [1.807, 2.05) is 0 Å². The Bertz CT molecular complexity index is 268. The third-order valence-corrected chi connectivity index (χ3v) is 1.89. The second-order valence-electron chi connectivity index (χ2n) is 5.96. The first-order valence-corrected chi connectivity index (χ1v) is 7.39. The highest BCUT2D eigenvalue weighted by molar-refractivity contribution is 5.25. The Morgan fingerprint density at radius 2 is 1.28 bits per heavy atom. The maximum Gasteiger partial charge on any atom is -0.0253 e. The molecule has 1 aromatic carbocycles. The molecule has 0 nitrogen and oxygen atoms in total. The summed E-state index contributed by atoms with van der Waals surface area (Å²) in [5.41, 5.74) is 2.91. The summed E-state index contributed by atoms with van der Waals surface area (Å²) in [4.78, 5) is 0. The first kappa shape index (κ1) is 19.6. The molecule has 0 atom stereocenters. The number of aryl methyl sites for hydroxylation is 1. The van der Waals surface area contributed by atoms with Crippen LogP contribution in [0.15, 0.2) is 24.3 Å². The van der Waals surface area contributed by atoms with E-state index in [2.05, 4.69) is 79.7 Å². The van der Waals surface area contributed by atoms with Crippen LogP contribution in [-0.4, -0.2) is 0 Å². The van der Waals surface area contributed by atoms with Crippen molar-refractivity contribution in [1.82, 2.24) is 0 Å². The van der Waals surface area contributed by atoms with Crippen molar-refractivity contribution in [3.8, 4) is 0 Å². The Kier molecular flexibility index (Phi) is 13.8. The van der Waals surface area contributed by atoms with Gasteiger partial charge in [-0.25, -0.2) is 0 Å². The summed E-state index contributed by atoms with van der Waals surface area (Å²) in [6.07, 6.45) is 2.45.